The van der Waals surface area contributed by atoms with Gasteiger partial charge in [-0.1, -0.05) is 18.7 Å². The zero-order valence-corrected chi connectivity index (χ0v) is 18.3. The Balaban J connectivity index is 2.08. The van der Waals surface area contributed by atoms with Gasteiger partial charge in [-0.15, -0.1) is 0 Å². The van der Waals surface area contributed by atoms with Gasteiger partial charge in [-0.3, -0.25) is 4.79 Å². The van der Waals surface area contributed by atoms with E-state index in [9.17, 15) is 9.90 Å². The van der Waals surface area contributed by atoms with Crippen molar-refractivity contribution < 1.29 is 23.7 Å². The van der Waals surface area contributed by atoms with Crippen LogP contribution < -0.4 is 14.9 Å². The summed E-state index contributed by atoms with van der Waals surface area (Å²) in [5, 5.41) is 10.6. The summed E-state index contributed by atoms with van der Waals surface area (Å²) < 4.78 is 23.5. The number of benzene rings is 2. The molecule has 0 unspecified atom stereocenters. The monoisotopic (exact) mass is 424 g/mol. The van der Waals surface area contributed by atoms with Gasteiger partial charge >= 0.3 is 0 Å². The van der Waals surface area contributed by atoms with Crippen LogP contribution in [0.1, 0.15) is 27.7 Å². The van der Waals surface area contributed by atoms with Crippen LogP contribution in [-0.4, -0.2) is 30.0 Å². The molecule has 0 radical (unpaired) electrons. The van der Waals surface area contributed by atoms with Crippen molar-refractivity contribution >= 4 is 21.9 Å². The number of hydrogen-bond acceptors (Lipinski definition) is 6. The van der Waals surface area contributed by atoms with Crippen molar-refractivity contribution in [1.82, 2.24) is 0 Å². The average molecular weight is 424 g/mol. The Morgan fingerprint density at radius 1 is 1.16 bits per heavy atom. The highest BCUT2D eigenvalue weighted by Crippen LogP contribution is 2.39. The number of phenols is 1. The molecule has 0 aliphatic carbocycles. The molecule has 0 spiro atoms. The van der Waals surface area contributed by atoms with Gasteiger partial charge in [0.15, 0.2) is 11.3 Å². The van der Waals surface area contributed by atoms with E-state index in [4.69, 9.17) is 18.6 Å². The standard InChI is InChI=1S/C25H28O6/c1-6-25(4,5)31-20-13-12-17-22(27)21-18(26)10-9-11-19(21)30-23(17)24(20)29-15-8-7-14-28-16(2)3/h6-13,16,26H,1,14-15H2,2-5H3/b8-7+. The van der Waals surface area contributed by atoms with Crippen LogP contribution in [0.2, 0.25) is 0 Å². The first kappa shape index (κ1) is 22.4. The Morgan fingerprint density at radius 3 is 2.61 bits per heavy atom. The van der Waals surface area contributed by atoms with Crippen molar-refractivity contribution in [2.75, 3.05) is 13.2 Å². The lowest BCUT2D eigenvalue weighted by atomic mass is 10.1. The molecule has 2 aromatic carbocycles. The minimum absolute atomic E-state index is 0.128. The number of hydrogen-bond donors (Lipinski definition) is 1. The lowest BCUT2D eigenvalue weighted by molar-refractivity contribution is 0.102. The molecule has 0 aliphatic rings. The molecule has 0 atom stereocenters. The average Bonchev–Trinajstić information content (AvgIpc) is 2.71. The molecular formula is C25H28O6. The summed E-state index contributed by atoms with van der Waals surface area (Å²) in [4.78, 5) is 13.0. The fourth-order valence-electron chi connectivity index (χ4n) is 2.96. The van der Waals surface area contributed by atoms with E-state index in [1.54, 1.807) is 30.3 Å². The van der Waals surface area contributed by atoms with Crippen molar-refractivity contribution in [2.45, 2.75) is 39.4 Å². The van der Waals surface area contributed by atoms with Gasteiger partial charge in [0.2, 0.25) is 11.2 Å². The minimum Gasteiger partial charge on any atom is -0.507 e. The van der Waals surface area contributed by atoms with Gasteiger partial charge in [0.1, 0.15) is 28.9 Å². The number of aromatic hydroxyl groups is 1. The molecule has 3 aromatic rings. The van der Waals surface area contributed by atoms with E-state index in [0.717, 1.165) is 0 Å². The first-order valence-corrected chi connectivity index (χ1v) is 10.2. The molecule has 0 amide bonds. The Kier molecular flexibility index (Phi) is 6.71. The van der Waals surface area contributed by atoms with Crippen molar-refractivity contribution in [3.63, 3.8) is 0 Å². The molecule has 6 heteroatoms. The SMILES string of the molecule is C=CC(C)(C)Oc1ccc2c(=O)c3c(O)cccc3oc2c1OC/C=C/COC(C)C. The van der Waals surface area contributed by atoms with Crippen LogP contribution in [0.15, 0.2) is 64.4 Å². The summed E-state index contributed by atoms with van der Waals surface area (Å²) in [6.07, 6.45) is 5.51. The maximum Gasteiger partial charge on any atom is 0.205 e. The van der Waals surface area contributed by atoms with Gasteiger partial charge in [-0.25, -0.2) is 0 Å². The summed E-state index contributed by atoms with van der Waals surface area (Å²) in [5.41, 5.74) is -0.479. The van der Waals surface area contributed by atoms with Gasteiger partial charge in [0.25, 0.3) is 0 Å². The van der Waals surface area contributed by atoms with E-state index < -0.39 is 5.60 Å². The van der Waals surface area contributed by atoms with Gasteiger partial charge < -0.3 is 23.7 Å². The maximum atomic E-state index is 13.0. The smallest absolute Gasteiger partial charge is 0.205 e. The summed E-state index contributed by atoms with van der Waals surface area (Å²) in [5.74, 6) is 0.605. The van der Waals surface area contributed by atoms with E-state index in [-0.39, 0.29) is 40.4 Å². The minimum atomic E-state index is -0.665. The molecule has 0 saturated carbocycles. The molecule has 1 N–H and O–H groups in total. The highest BCUT2D eigenvalue weighted by Gasteiger charge is 2.22. The summed E-state index contributed by atoms with van der Waals surface area (Å²) >= 11 is 0. The van der Waals surface area contributed by atoms with Crippen LogP contribution in [-0.2, 0) is 4.74 Å². The molecule has 1 aromatic heterocycles. The quantitative estimate of drug-likeness (QED) is 0.368. The van der Waals surface area contributed by atoms with E-state index in [0.29, 0.717) is 23.5 Å². The molecule has 164 valence electrons. The summed E-state index contributed by atoms with van der Waals surface area (Å²) in [7, 11) is 0. The second-order valence-electron chi connectivity index (χ2n) is 7.93. The van der Waals surface area contributed by atoms with Gasteiger partial charge in [-0.2, -0.15) is 0 Å². The summed E-state index contributed by atoms with van der Waals surface area (Å²) in [6.45, 7) is 12.2. The fraction of sp³-hybridized carbons (Fsp3) is 0.320. The maximum absolute atomic E-state index is 13.0. The second-order valence-corrected chi connectivity index (χ2v) is 7.93. The fourth-order valence-corrected chi connectivity index (χ4v) is 2.96. The molecule has 0 aliphatic heterocycles. The lowest BCUT2D eigenvalue weighted by Gasteiger charge is -2.24. The number of rotatable bonds is 9. The molecule has 0 saturated heterocycles. The third-order valence-corrected chi connectivity index (χ3v) is 4.64. The third-order valence-electron chi connectivity index (χ3n) is 4.64. The molecule has 3 rings (SSSR count). The first-order valence-electron chi connectivity index (χ1n) is 10.2. The predicted octanol–water partition coefficient (Wildman–Crippen LogP) is 5.36. The number of phenolic OH excluding ortho intramolecular Hbond substituents is 1. The van der Waals surface area contributed by atoms with Crippen LogP contribution >= 0.6 is 0 Å². The zero-order valence-electron chi connectivity index (χ0n) is 18.3. The highest BCUT2D eigenvalue weighted by molar-refractivity contribution is 5.96. The molecule has 31 heavy (non-hydrogen) atoms. The molecule has 6 nitrogen and oxygen atoms in total. The van der Waals surface area contributed by atoms with Crippen LogP contribution in [0.25, 0.3) is 21.9 Å². The van der Waals surface area contributed by atoms with Gasteiger partial charge in [-0.05, 0) is 64.1 Å². The van der Waals surface area contributed by atoms with E-state index in [2.05, 4.69) is 6.58 Å². The normalized spacial score (nSPS) is 12.2. The predicted molar refractivity (Wildman–Crippen MR) is 122 cm³/mol. The first-order chi connectivity index (χ1) is 14.7. The van der Waals surface area contributed by atoms with Crippen molar-refractivity contribution in [1.29, 1.82) is 0 Å². The zero-order chi connectivity index (χ0) is 22.6. The van der Waals surface area contributed by atoms with Crippen molar-refractivity contribution in [3.05, 3.63) is 65.4 Å². The van der Waals surface area contributed by atoms with Crippen LogP contribution in [0, 0.1) is 0 Å². The molecule has 1 heterocycles. The Labute approximate surface area is 181 Å². The number of ether oxygens (including phenoxy) is 3. The molecular weight excluding hydrogens is 396 g/mol. The third kappa shape index (κ3) is 5.09. The van der Waals surface area contributed by atoms with E-state index in [1.165, 1.54) is 6.07 Å². The highest BCUT2D eigenvalue weighted by atomic mass is 16.5. The van der Waals surface area contributed by atoms with Crippen molar-refractivity contribution in [3.8, 4) is 17.2 Å². The second kappa shape index (κ2) is 9.27. The van der Waals surface area contributed by atoms with Crippen LogP contribution in [0.4, 0.5) is 0 Å². The van der Waals surface area contributed by atoms with E-state index in [1.807, 2.05) is 39.8 Å². The van der Waals surface area contributed by atoms with E-state index >= 15 is 0 Å². The van der Waals surface area contributed by atoms with Crippen molar-refractivity contribution in [2.24, 2.45) is 0 Å². The van der Waals surface area contributed by atoms with Gasteiger partial charge in [0.05, 0.1) is 18.1 Å². The summed E-state index contributed by atoms with van der Waals surface area (Å²) in [6, 6.07) is 7.98. The largest absolute Gasteiger partial charge is 0.507 e. The molecule has 0 bridgehead atoms. The van der Waals surface area contributed by atoms with Crippen LogP contribution in [0.3, 0.4) is 0 Å². The Morgan fingerprint density at radius 2 is 1.90 bits per heavy atom. The molecule has 0 fully saturated rings. The van der Waals surface area contributed by atoms with Crippen LogP contribution in [0.5, 0.6) is 17.2 Å². The Bertz CT molecular complexity index is 1170. The van der Waals surface area contributed by atoms with Gasteiger partial charge in [0, 0.05) is 0 Å². The topological polar surface area (TPSA) is 78.1 Å². The number of fused-ring (bicyclic) bond motifs is 2. The Hall–Kier alpha value is -3.25. The lowest BCUT2D eigenvalue weighted by Crippen LogP contribution is -2.25.